The highest BCUT2D eigenvalue weighted by Crippen LogP contribution is 2.41. The van der Waals surface area contributed by atoms with Crippen molar-refractivity contribution < 1.29 is 24.2 Å². The number of β-amino-alcohol motifs (C(OH)–C–C–N with tert-alkyl or cyclic N) is 1. The minimum atomic E-state index is -1.08. The van der Waals surface area contributed by atoms with Crippen LogP contribution in [0.2, 0.25) is 0 Å². The first-order valence-corrected chi connectivity index (χ1v) is 10.7. The summed E-state index contributed by atoms with van der Waals surface area (Å²) >= 11 is 0. The first kappa shape index (κ1) is 21.2. The van der Waals surface area contributed by atoms with Crippen LogP contribution in [0.15, 0.2) is 42.5 Å². The molecular weight excluding hydrogens is 396 g/mol. The molecule has 0 aromatic heterocycles. The van der Waals surface area contributed by atoms with Crippen LogP contribution in [0.1, 0.15) is 36.5 Å². The lowest BCUT2D eigenvalue weighted by Crippen LogP contribution is -2.47. The number of aryl methyl sites for hydroxylation is 2. The molecule has 3 amide bonds. The predicted molar refractivity (Wildman–Crippen MR) is 115 cm³/mol. The Kier molecular flexibility index (Phi) is 5.87. The van der Waals surface area contributed by atoms with E-state index in [0.29, 0.717) is 12.2 Å². The van der Waals surface area contributed by atoms with E-state index in [1.54, 1.807) is 13.2 Å². The number of hydrogen-bond acceptors (Lipinski definition) is 5. The lowest BCUT2D eigenvalue weighted by Gasteiger charge is -2.33. The molecular formula is C24H28N2O5. The fourth-order valence-corrected chi connectivity index (χ4v) is 4.42. The van der Waals surface area contributed by atoms with E-state index in [9.17, 15) is 14.7 Å². The Bertz CT molecular complexity index is 974. The van der Waals surface area contributed by atoms with Gasteiger partial charge in [-0.3, -0.25) is 9.69 Å². The summed E-state index contributed by atoms with van der Waals surface area (Å²) in [4.78, 5) is 27.1. The van der Waals surface area contributed by atoms with Crippen molar-refractivity contribution in [2.45, 2.75) is 44.2 Å². The van der Waals surface area contributed by atoms with Gasteiger partial charge in [-0.05, 0) is 66.6 Å². The second-order valence-corrected chi connectivity index (χ2v) is 8.09. The third kappa shape index (κ3) is 3.97. The first-order valence-electron chi connectivity index (χ1n) is 10.7. The van der Waals surface area contributed by atoms with E-state index >= 15 is 0 Å². The molecule has 1 heterocycles. The van der Waals surface area contributed by atoms with Crippen LogP contribution < -0.4 is 14.8 Å². The Morgan fingerprint density at radius 1 is 1.16 bits per heavy atom. The van der Waals surface area contributed by atoms with Gasteiger partial charge in [0.25, 0.3) is 5.91 Å². The van der Waals surface area contributed by atoms with Crippen LogP contribution >= 0.6 is 0 Å². The van der Waals surface area contributed by atoms with Gasteiger partial charge in [0.2, 0.25) is 0 Å². The van der Waals surface area contributed by atoms with Gasteiger partial charge in [-0.2, -0.15) is 0 Å². The number of rotatable bonds is 7. The van der Waals surface area contributed by atoms with Gasteiger partial charge in [0.15, 0.2) is 0 Å². The van der Waals surface area contributed by atoms with Gasteiger partial charge in [-0.25, -0.2) is 4.79 Å². The molecule has 2 aromatic rings. The van der Waals surface area contributed by atoms with Crippen molar-refractivity contribution in [2.75, 3.05) is 20.3 Å². The van der Waals surface area contributed by atoms with Crippen molar-refractivity contribution in [3.63, 3.8) is 0 Å². The van der Waals surface area contributed by atoms with Gasteiger partial charge < -0.3 is 19.9 Å². The van der Waals surface area contributed by atoms with Crippen LogP contribution in [0.5, 0.6) is 11.5 Å². The van der Waals surface area contributed by atoms with Crippen molar-refractivity contribution in [2.24, 2.45) is 0 Å². The highest BCUT2D eigenvalue weighted by atomic mass is 16.5. The number of hydrogen-bond donors (Lipinski definition) is 2. The smallest absolute Gasteiger partial charge is 0.325 e. The molecule has 2 aliphatic rings. The topological polar surface area (TPSA) is 88.1 Å². The van der Waals surface area contributed by atoms with Crippen LogP contribution in [0.4, 0.5) is 4.79 Å². The van der Waals surface area contributed by atoms with Gasteiger partial charge in [0.05, 0.1) is 13.7 Å². The summed E-state index contributed by atoms with van der Waals surface area (Å²) in [5.41, 5.74) is 1.93. The zero-order chi connectivity index (χ0) is 22.0. The van der Waals surface area contributed by atoms with Crippen LogP contribution in [-0.4, -0.2) is 48.3 Å². The quantitative estimate of drug-likeness (QED) is 0.668. The number of carbonyl (C=O) groups is 2. The molecule has 2 atom stereocenters. The van der Waals surface area contributed by atoms with Crippen LogP contribution in [-0.2, 0) is 23.2 Å². The highest BCUT2D eigenvalue weighted by molar-refractivity contribution is 6.07. The maximum atomic E-state index is 13.3. The Labute approximate surface area is 182 Å². The van der Waals surface area contributed by atoms with Crippen molar-refractivity contribution in [1.82, 2.24) is 10.2 Å². The average Bonchev–Trinajstić information content (AvgIpc) is 3.02. The standard InChI is InChI=1S/C24H28N2O5/c1-3-16-6-8-19(9-7-16)31-15-18(27)14-26-22(28)24(25-23(26)29)12-4-5-17-13-20(30-2)10-11-21(17)24/h6-11,13,18,27H,3-5,12,14-15H2,1-2H3,(H,25,29)/t18-,24-/m0/s1. The van der Waals surface area contributed by atoms with Gasteiger partial charge in [0, 0.05) is 0 Å². The minimum absolute atomic E-state index is 0.0106. The summed E-state index contributed by atoms with van der Waals surface area (Å²) in [5, 5.41) is 13.3. The van der Waals surface area contributed by atoms with Crippen molar-refractivity contribution in [3.8, 4) is 11.5 Å². The monoisotopic (exact) mass is 424 g/mol. The van der Waals surface area contributed by atoms with E-state index in [-0.39, 0.29) is 19.1 Å². The van der Waals surface area contributed by atoms with Crippen molar-refractivity contribution in [1.29, 1.82) is 0 Å². The van der Waals surface area contributed by atoms with Gasteiger partial charge in [-0.15, -0.1) is 0 Å². The molecule has 0 bridgehead atoms. The molecule has 2 aromatic carbocycles. The van der Waals surface area contributed by atoms with E-state index in [4.69, 9.17) is 9.47 Å². The van der Waals surface area contributed by atoms with E-state index in [0.717, 1.165) is 41.0 Å². The number of nitrogens with one attached hydrogen (secondary N) is 1. The fourth-order valence-electron chi connectivity index (χ4n) is 4.42. The number of ether oxygens (including phenoxy) is 2. The lowest BCUT2D eigenvalue weighted by molar-refractivity contribution is -0.133. The van der Waals surface area contributed by atoms with Crippen LogP contribution in [0.3, 0.4) is 0 Å². The summed E-state index contributed by atoms with van der Waals surface area (Å²) < 4.78 is 10.9. The van der Waals surface area contributed by atoms with E-state index < -0.39 is 17.7 Å². The summed E-state index contributed by atoms with van der Waals surface area (Å²) in [5.74, 6) is 1.04. The first-order chi connectivity index (χ1) is 15.0. The lowest BCUT2D eigenvalue weighted by atomic mass is 9.76. The number of amides is 3. The molecule has 7 heteroatoms. The molecule has 1 aliphatic heterocycles. The number of aliphatic hydroxyl groups is 1. The molecule has 31 heavy (non-hydrogen) atoms. The van der Waals surface area contributed by atoms with Gasteiger partial charge >= 0.3 is 6.03 Å². The van der Waals surface area contributed by atoms with E-state index in [2.05, 4.69) is 12.2 Å². The molecule has 1 spiro atoms. The van der Waals surface area contributed by atoms with E-state index in [1.807, 2.05) is 36.4 Å². The van der Waals surface area contributed by atoms with Crippen LogP contribution in [0.25, 0.3) is 0 Å². The SMILES string of the molecule is CCc1ccc(OC[C@@H](O)CN2C(=O)N[C@]3(CCCc4cc(OC)ccc43)C2=O)cc1. The fraction of sp³-hybridized carbons (Fsp3) is 0.417. The Hall–Kier alpha value is -3.06. The zero-order valence-electron chi connectivity index (χ0n) is 17.9. The summed E-state index contributed by atoms with van der Waals surface area (Å²) in [6.45, 7) is 1.94. The second-order valence-electron chi connectivity index (χ2n) is 8.09. The molecule has 0 saturated carbocycles. The average molecular weight is 424 g/mol. The third-order valence-electron chi connectivity index (χ3n) is 6.11. The minimum Gasteiger partial charge on any atom is -0.497 e. The maximum Gasteiger partial charge on any atom is 0.325 e. The Morgan fingerprint density at radius 3 is 2.61 bits per heavy atom. The van der Waals surface area contributed by atoms with Crippen molar-refractivity contribution in [3.05, 3.63) is 59.2 Å². The molecule has 1 fully saturated rings. The summed E-state index contributed by atoms with van der Waals surface area (Å²) in [6.07, 6.45) is 2.08. The van der Waals surface area contributed by atoms with Gasteiger partial charge in [-0.1, -0.05) is 25.1 Å². The van der Waals surface area contributed by atoms with Crippen molar-refractivity contribution >= 4 is 11.9 Å². The van der Waals surface area contributed by atoms with E-state index in [1.165, 1.54) is 5.56 Å². The predicted octanol–water partition coefficient (Wildman–Crippen LogP) is 2.78. The molecule has 1 aliphatic carbocycles. The largest absolute Gasteiger partial charge is 0.497 e. The number of carbonyl (C=O) groups excluding carboxylic acids is 2. The molecule has 0 radical (unpaired) electrons. The maximum absolute atomic E-state index is 13.3. The number of methoxy groups -OCH3 is 1. The zero-order valence-corrected chi connectivity index (χ0v) is 17.9. The normalized spacial score (nSPS) is 21.1. The number of fused-ring (bicyclic) bond motifs is 2. The summed E-state index contributed by atoms with van der Waals surface area (Å²) in [7, 11) is 1.60. The molecule has 1 saturated heterocycles. The molecule has 164 valence electrons. The number of benzene rings is 2. The summed E-state index contributed by atoms with van der Waals surface area (Å²) in [6, 6.07) is 12.7. The molecule has 2 N–H and O–H groups in total. The third-order valence-corrected chi connectivity index (χ3v) is 6.11. The molecule has 7 nitrogen and oxygen atoms in total. The number of urea groups is 1. The number of nitrogens with zero attached hydrogens (tertiary/aromatic N) is 1. The number of aliphatic hydroxyl groups excluding tert-OH is 1. The Morgan fingerprint density at radius 2 is 1.90 bits per heavy atom. The van der Waals surface area contributed by atoms with Gasteiger partial charge in [0.1, 0.15) is 29.7 Å². The second kappa shape index (κ2) is 8.59. The number of imide groups is 1. The highest BCUT2D eigenvalue weighted by Gasteiger charge is 2.54. The molecule has 4 rings (SSSR count). The van der Waals surface area contributed by atoms with Crippen LogP contribution in [0, 0.1) is 0 Å². The molecule has 0 unspecified atom stereocenters. The Balaban J connectivity index is 1.45.